The van der Waals surface area contributed by atoms with Crippen LogP contribution in [0.3, 0.4) is 0 Å². The Labute approximate surface area is 145 Å². The Morgan fingerprint density at radius 1 is 1.12 bits per heavy atom. The van der Waals surface area contributed by atoms with Crippen LogP contribution in [-0.2, 0) is 19.1 Å². The van der Waals surface area contributed by atoms with E-state index in [-0.39, 0.29) is 17.7 Å². The van der Waals surface area contributed by atoms with Crippen LogP contribution < -0.4 is 5.32 Å². The largest absolute Gasteiger partial charge is 0.378 e. The van der Waals surface area contributed by atoms with Gasteiger partial charge in [-0.3, -0.25) is 19.3 Å². The van der Waals surface area contributed by atoms with E-state index < -0.39 is 0 Å². The highest BCUT2D eigenvalue weighted by atomic mass is 32.2. The van der Waals surface area contributed by atoms with Crippen LogP contribution in [0.4, 0.5) is 0 Å². The first-order valence-electron chi connectivity index (χ1n) is 8.02. The zero-order chi connectivity index (χ0) is 17.2. The molecule has 0 radical (unpaired) electrons. The highest BCUT2D eigenvalue weighted by Crippen LogP contribution is 2.17. The molecule has 1 aliphatic rings. The van der Waals surface area contributed by atoms with Crippen molar-refractivity contribution in [3.63, 3.8) is 0 Å². The first kappa shape index (κ1) is 18.5. The third-order valence-corrected chi connectivity index (χ3v) is 4.54. The lowest BCUT2D eigenvalue weighted by Crippen LogP contribution is -2.33. The van der Waals surface area contributed by atoms with Crippen molar-refractivity contribution in [2.75, 3.05) is 32.1 Å². The van der Waals surface area contributed by atoms with Gasteiger partial charge in [0.25, 0.3) is 0 Å². The molecule has 1 N–H and O–H groups in total. The Balaban J connectivity index is 1.46. The quantitative estimate of drug-likeness (QED) is 0.393. The van der Waals surface area contributed by atoms with Crippen molar-refractivity contribution in [2.45, 2.75) is 24.2 Å². The van der Waals surface area contributed by atoms with Crippen molar-refractivity contribution in [3.8, 4) is 0 Å². The summed E-state index contributed by atoms with van der Waals surface area (Å²) in [5.74, 6) is 0.461. The lowest BCUT2D eigenvalue weighted by atomic mass is 10.4. The monoisotopic (exact) mass is 350 g/mol. The van der Waals surface area contributed by atoms with Crippen molar-refractivity contribution in [1.29, 1.82) is 0 Å². The summed E-state index contributed by atoms with van der Waals surface area (Å²) in [4.78, 5) is 36.8. The third kappa shape index (κ3) is 6.33. The highest BCUT2D eigenvalue weighted by molar-refractivity contribution is 7.99. The number of benzene rings is 1. The topological polar surface area (TPSA) is 75.7 Å². The van der Waals surface area contributed by atoms with Gasteiger partial charge in [-0.2, -0.15) is 0 Å². The fourth-order valence-corrected chi connectivity index (χ4v) is 3.13. The van der Waals surface area contributed by atoms with Crippen LogP contribution in [-0.4, -0.2) is 54.7 Å². The maximum atomic E-state index is 11.7. The van der Waals surface area contributed by atoms with Gasteiger partial charge in [0.15, 0.2) is 0 Å². The first-order valence-corrected chi connectivity index (χ1v) is 9.01. The van der Waals surface area contributed by atoms with Crippen LogP contribution in [0.25, 0.3) is 0 Å². The predicted octanol–water partition coefficient (Wildman–Crippen LogP) is 1.45. The standard InChI is InChI=1S/C17H22N2O4S/c20-15(8-13-24-14-4-2-1-3-5-14)18-9-11-23-12-10-19-16(21)6-7-17(19)22/h1-5H,6-13H2,(H,18,20). The molecule has 0 spiro atoms. The minimum atomic E-state index is -0.132. The van der Waals surface area contributed by atoms with Gasteiger partial charge in [-0.15, -0.1) is 11.8 Å². The summed E-state index contributed by atoms with van der Waals surface area (Å²) in [6, 6.07) is 9.96. The number of carbonyl (C=O) groups is 3. The second-order valence-corrected chi connectivity index (χ2v) is 6.48. The summed E-state index contributed by atoms with van der Waals surface area (Å²) >= 11 is 1.65. The maximum Gasteiger partial charge on any atom is 0.229 e. The van der Waals surface area contributed by atoms with Crippen LogP contribution >= 0.6 is 11.8 Å². The highest BCUT2D eigenvalue weighted by Gasteiger charge is 2.28. The predicted molar refractivity (Wildman–Crippen MR) is 91.6 cm³/mol. The molecular formula is C17H22N2O4S. The Kier molecular flexibility index (Phi) is 7.77. The summed E-state index contributed by atoms with van der Waals surface area (Å²) in [6.07, 6.45) is 1.06. The number of nitrogens with one attached hydrogen (secondary N) is 1. The van der Waals surface area contributed by atoms with E-state index in [1.165, 1.54) is 4.90 Å². The van der Waals surface area contributed by atoms with Crippen LogP contribution in [0.2, 0.25) is 0 Å². The molecule has 0 atom stereocenters. The average Bonchev–Trinajstić information content (AvgIpc) is 2.90. The molecule has 0 bridgehead atoms. The second kappa shape index (κ2) is 10.1. The van der Waals surface area contributed by atoms with E-state index in [1.807, 2.05) is 30.3 Å². The molecule has 0 unspecified atom stereocenters. The van der Waals surface area contributed by atoms with E-state index in [0.717, 1.165) is 10.6 Å². The van der Waals surface area contributed by atoms with Crippen LogP contribution in [0.1, 0.15) is 19.3 Å². The molecule has 0 aromatic heterocycles. The number of thioether (sulfide) groups is 1. The van der Waals surface area contributed by atoms with Gasteiger partial charge < -0.3 is 10.1 Å². The molecule has 0 aliphatic carbocycles. The molecule has 3 amide bonds. The number of amides is 3. The lowest BCUT2D eigenvalue weighted by Gasteiger charge is -2.13. The zero-order valence-corrected chi connectivity index (χ0v) is 14.3. The number of hydrogen-bond donors (Lipinski definition) is 1. The van der Waals surface area contributed by atoms with Gasteiger partial charge in [0.05, 0.1) is 19.8 Å². The molecular weight excluding hydrogens is 328 g/mol. The molecule has 1 aliphatic heterocycles. The fraction of sp³-hybridized carbons (Fsp3) is 0.471. The zero-order valence-electron chi connectivity index (χ0n) is 13.5. The summed E-state index contributed by atoms with van der Waals surface area (Å²) in [7, 11) is 0. The number of rotatable bonds is 10. The molecule has 6 nitrogen and oxygen atoms in total. The summed E-state index contributed by atoms with van der Waals surface area (Å²) < 4.78 is 5.35. The molecule has 1 fully saturated rings. The van der Waals surface area contributed by atoms with E-state index in [2.05, 4.69) is 5.32 Å². The fourth-order valence-electron chi connectivity index (χ4n) is 2.26. The second-order valence-electron chi connectivity index (χ2n) is 5.31. The van der Waals surface area contributed by atoms with Gasteiger partial charge in [0, 0.05) is 36.5 Å². The van der Waals surface area contributed by atoms with E-state index in [4.69, 9.17) is 4.74 Å². The summed E-state index contributed by atoms with van der Waals surface area (Å²) in [6.45, 7) is 1.39. The molecule has 1 heterocycles. The van der Waals surface area contributed by atoms with Gasteiger partial charge in [0.1, 0.15) is 0 Å². The summed E-state index contributed by atoms with van der Waals surface area (Å²) in [5, 5.41) is 2.79. The summed E-state index contributed by atoms with van der Waals surface area (Å²) in [5.41, 5.74) is 0. The number of hydrogen-bond acceptors (Lipinski definition) is 5. The Bertz CT molecular complexity index is 549. The number of likely N-dealkylation sites (tertiary alicyclic amines) is 1. The Hall–Kier alpha value is -1.86. The van der Waals surface area contributed by atoms with E-state index in [0.29, 0.717) is 45.6 Å². The minimum absolute atomic E-state index is 0.00747. The van der Waals surface area contributed by atoms with E-state index >= 15 is 0 Å². The van der Waals surface area contributed by atoms with Gasteiger partial charge in [-0.25, -0.2) is 0 Å². The molecule has 1 saturated heterocycles. The number of ether oxygens (including phenoxy) is 1. The number of imide groups is 1. The van der Waals surface area contributed by atoms with Crippen molar-refractivity contribution >= 4 is 29.5 Å². The number of carbonyl (C=O) groups excluding carboxylic acids is 3. The van der Waals surface area contributed by atoms with Gasteiger partial charge in [-0.1, -0.05) is 18.2 Å². The molecule has 130 valence electrons. The molecule has 2 rings (SSSR count). The van der Waals surface area contributed by atoms with Crippen LogP contribution in [0.5, 0.6) is 0 Å². The molecule has 24 heavy (non-hydrogen) atoms. The van der Waals surface area contributed by atoms with Crippen LogP contribution in [0.15, 0.2) is 35.2 Å². The van der Waals surface area contributed by atoms with Gasteiger partial charge in [0.2, 0.25) is 17.7 Å². The smallest absolute Gasteiger partial charge is 0.229 e. The third-order valence-electron chi connectivity index (χ3n) is 3.52. The maximum absolute atomic E-state index is 11.7. The van der Waals surface area contributed by atoms with Gasteiger partial charge in [-0.05, 0) is 12.1 Å². The Morgan fingerprint density at radius 3 is 2.54 bits per heavy atom. The van der Waals surface area contributed by atoms with E-state index in [1.54, 1.807) is 11.8 Å². The Morgan fingerprint density at radius 2 is 1.83 bits per heavy atom. The van der Waals surface area contributed by atoms with Gasteiger partial charge >= 0.3 is 0 Å². The lowest BCUT2D eigenvalue weighted by molar-refractivity contribution is -0.139. The molecule has 1 aromatic carbocycles. The molecule has 7 heteroatoms. The van der Waals surface area contributed by atoms with Crippen molar-refractivity contribution in [3.05, 3.63) is 30.3 Å². The average molecular weight is 350 g/mol. The molecule has 1 aromatic rings. The van der Waals surface area contributed by atoms with E-state index in [9.17, 15) is 14.4 Å². The van der Waals surface area contributed by atoms with Crippen molar-refractivity contribution < 1.29 is 19.1 Å². The minimum Gasteiger partial charge on any atom is -0.378 e. The first-order chi connectivity index (χ1) is 11.7. The normalized spacial score (nSPS) is 14.2. The van der Waals surface area contributed by atoms with Crippen LogP contribution in [0, 0.1) is 0 Å². The number of nitrogens with zero attached hydrogens (tertiary/aromatic N) is 1. The SMILES string of the molecule is O=C(CCSc1ccccc1)NCCOCCN1C(=O)CCC1=O. The van der Waals surface area contributed by atoms with Crippen molar-refractivity contribution in [1.82, 2.24) is 10.2 Å². The van der Waals surface area contributed by atoms with Crippen molar-refractivity contribution in [2.24, 2.45) is 0 Å². The molecule has 0 saturated carbocycles.